The number of carbonyl (C=O) groups excluding carboxylic acids is 1. The molecule has 0 bridgehead atoms. The summed E-state index contributed by atoms with van der Waals surface area (Å²) >= 11 is 0. The molecule has 1 aromatic rings. The van der Waals surface area contributed by atoms with Crippen LogP contribution in [0, 0.1) is 0 Å². The number of Topliss-reactive ketones (excluding diaryl/α,β-unsaturated/α-hetero) is 1. The zero-order valence-electron chi connectivity index (χ0n) is 8.50. The maximum Gasteiger partial charge on any atom is 0.191 e. The summed E-state index contributed by atoms with van der Waals surface area (Å²) in [7, 11) is 0. The smallest absolute Gasteiger partial charge is 0.191 e. The van der Waals surface area contributed by atoms with E-state index in [1.165, 1.54) is 0 Å². The molecular formula is C13H13FO. The van der Waals surface area contributed by atoms with Gasteiger partial charge >= 0.3 is 0 Å². The van der Waals surface area contributed by atoms with Gasteiger partial charge in [-0.2, -0.15) is 0 Å². The molecule has 0 heterocycles. The predicted molar refractivity (Wildman–Crippen MR) is 57.4 cm³/mol. The molecule has 0 fully saturated rings. The summed E-state index contributed by atoms with van der Waals surface area (Å²) in [5, 5.41) is 0. The van der Waals surface area contributed by atoms with Gasteiger partial charge in [0.15, 0.2) is 5.78 Å². The van der Waals surface area contributed by atoms with E-state index in [0.29, 0.717) is 24.0 Å². The zero-order chi connectivity index (χ0) is 10.7. The Morgan fingerprint density at radius 3 is 2.40 bits per heavy atom. The van der Waals surface area contributed by atoms with E-state index in [1.807, 2.05) is 6.07 Å². The van der Waals surface area contributed by atoms with Crippen LogP contribution in [0.4, 0.5) is 4.39 Å². The van der Waals surface area contributed by atoms with Gasteiger partial charge in [-0.15, -0.1) is 0 Å². The molecule has 0 aromatic heterocycles. The number of rotatable bonds is 2. The summed E-state index contributed by atoms with van der Waals surface area (Å²) in [5.74, 6) is -0.358. The lowest BCUT2D eigenvalue weighted by Crippen LogP contribution is -2.08. The Morgan fingerprint density at radius 1 is 1.07 bits per heavy atom. The summed E-state index contributed by atoms with van der Waals surface area (Å²) in [4.78, 5) is 11.9. The number of benzene rings is 1. The lowest BCUT2D eigenvalue weighted by atomic mass is 9.92. The minimum atomic E-state index is -0.213. The lowest BCUT2D eigenvalue weighted by molar-refractivity contribution is 0.102. The third-order valence-electron chi connectivity index (χ3n) is 2.71. The van der Waals surface area contributed by atoms with Crippen molar-refractivity contribution >= 4 is 5.78 Å². The van der Waals surface area contributed by atoms with Gasteiger partial charge < -0.3 is 0 Å². The minimum Gasteiger partial charge on any atom is -0.289 e. The van der Waals surface area contributed by atoms with Crippen LogP contribution in [0.3, 0.4) is 0 Å². The van der Waals surface area contributed by atoms with E-state index in [4.69, 9.17) is 0 Å². The third kappa shape index (κ3) is 2.14. The first-order valence-electron chi connectivity index (χ1n) is 5.26. The van der Waals surface area contributed by atoms with Crippen LogP contribution in [-0.4, -0.2) is 5.78 Å². The maximum absolute atomic E-state index is 13.4. The molecule has 1 aliphatic carbocycles. The van der Waals surface area contributed by atoms with Crippen molar-refractivity contribution in [3.8, 4) is 0 Å². The first-order chi connectivity index (χ1) is 7.29. The Balaban J connectivity index is 2.28. The van der Waals surface area contributed by atoms with E-state index < -0.39 is 0 Å². The number of allylic oxidation sites excluding steroid dienone is 2. The topological polar surface area (TPSA) is 17.1 Å². The number of carbonyl (C=O) groups is 1. The largest absolute Gasteiger partial charge is 0.289 e. The van der Waals surface area contributed by atoms with Crippen LogP contribution in [0.5, 0.6) is 0 Å². The highest BCUT2D eigenvalue weighted by Crippen LogP contribution is 2.27. The van der Waals surface area contributed by atoms with Crippen LogP contribution in [0.25, 0.3) is 0 Å². The van der Waals surface area contributed by atoms with Gasteiger partial charge in [0, 0.05) is 11.1 Å². The molecule has 1 nitrogen and oxygen atoms in total. The molecule has 78 valence electrons. The molecule has 0 radical (unpaired) electrons. The second kappa shape index (κ2) is 4.39. The summed E-state index contributed by atoms with van der Waals surface area (Å²) in [5.41, 5.74) is 0.969. The Kier molecular flexibility index (Phi) is 2.95. The Labute approximate surface area is 88.6 Å². The highest BCUT2D eigenvalue weighted by atomic mass is 19.1. The van der Waals surface area contributed by atoms with Crippen LogP contribution < -0.4 is 0 Å². The van der Waals surface area contributed by atoms with Gasteiger partial charge in [0.2, 0.25) is 0 Å². The Bertz CT molecular complexity index is 392. The summed E-state index contributed by atoms with van der Waals surface area (Å²) in [6.45, 7) is 0. The van der Waals surface area contributed by atoms with E-state index in [1.54, 1.807) is 24.3 Å². The molecule has 1 aliphatic rings. The van der Waals surface area contributed by atoms with E-state index in [2.05, 4.69) is 0 Å². The lowest BCUT2D eigenvalue weighted by Gasteiger charge is -2.13. The van der Waals surface area contributed by atoms with E-state index >= 15 is 0 Å². The van der Waals surface area contributed by atoms with Gasteiger partial charge in [-0.25, -0.2) is 4.39 Å². The van der Waals surface area contributed by atoms with Gasteiger partial charge in [-0.05, 0) is 25.7 Å². The fourth-order valence-electron chi connectivity index (χ4n) is 1.87. The molecule has 0 N–H and O–H groups in total. The average Bonchev–Trinajstić information content (AvgIpc) is 2.30. The highest BCUT2D eigenvalue weighted by Gasteiger charge is 2.19. The molecule has 2 heteroatoms. The molecule has 0 saturated carbocycles. The van der Waals surface area contributed by atoms with Crippen molar-refractivity contribution in [1.82, 2.24) is 0 Å². The molecule has 0 unspecified atom stereocenters. The summed E-state index contributed by atoms with van der Waals surface area (Å²) in [6, 6.07) is 8.92. The van der Waals surface area contributed by atoms with Crippen LogP contribution >= 0.6 is 0 Å². The first-order valence-corrected chi connectivity index (χ1v) is 5.26. The standard InChI is InChI=1S/C13H13FO/c14-12-9-5-4-8-11(12)13(15)10-6-2-1-3-7-10/h1-3,6-7H,4-5,8-9H2. The molecule has 0 aliphatic heterocycles. The second-order valence-electron chi connectivity index (χ2n) is 3.79. The molecule has 1 aromatic carbocycles. The molecule has 15 heavy (non-hydrogen) atoms. The SMILES string of the molecule is O=C(C1=C(F)CCCC1)c1ccccc1. The van der Waals surface area contributed by atoms with Gasteiger partial charge in [0.05, 0.1) is 0 Å². The molecule has 0 saturated heterocycles. The molecule has 0 amide bonds. The van der Waals surface area contributed by atoms with E-state index in [9.17, 15) is 9.18 Å². The second-order valence-corrected chi connectivity index (χ2v) is 3.79. The normalized spacial score (nSPS) is 16.6. The van der Waals surface area contributed by atoms with E-state index in [0.717, 1.165) is 12.8 Å². The van der Waals surface area contributed by atoms with Crippen molar-refractivity contribution in [2.45, 2.75) is 25.7 Å². The van der Waals surface area contributed by atoms with Crippen LogP contribution in [0.15, 0.2) is 41.7 Å². The van der Waals surface area contributed by atoms with Crippen molar-refractivity contribution in [3.05, 3.63) is 47.3 Å². The molecule has 0 atom stereocenters. The number of hydrogen-bond donors (Lipinski definition) is 0. The first kappa shape index (κ1) is 10.1. The maximum atomic E-state index is 13.4. The van der Waals surface area contributed by atoms with Gasteiger partial charge in [-0.3, -0.25) is 4.79 Å². The highest BCUT2D eigenvalue weighted by molar-refractivity contribution is 6.09. The van der Waals surface area contributed by atoms with Gasteiger partial charge in [-0.1, -0.05) is 30.3 Å². The number of hydrogen-bond acceptors (Lipinski definition) is 1. The van der Waals surface area contributed by atoms with Crippen LogP contribution in [0.1, 0.15) is 36.0 Å². The number of halogens is 1. The minimum absolute atomic E-state index is 0.146. The van der Waals surface area contributed by atoms with Crippen molar-refractivity contribution < 1.29 is 9.18 Å². The quantitative estimate of drug-likeness (QED) is 0.672. The van der Waals surface area contributed by atoms with Gasteiger partial charge in [0.1, 0.15) is 5.83 Å². The Morgan fingerprint density at radius 2 is 1.73 bits per heavy atom. The third-order valence-corrected chi connectivity index (χ3v) is 2.71. The van der Waals surface area contributed by atoms with Crippen LogP contribution in [0.2, 0.25) is 0 Å². The van der Waals surface area contributed by atoms with Crippen LogP contribution in [-0.2, 0) is 0 Å². The van der Waals surface area contributed by atoms with Crippen molar-refractivity contribution in [2.75, 3.05) is 0 Å². The monoisotopic (exact) mass is 204 g/mol. The van der Waals surface area contributed by atoms with Crippen molar-refractivity contribution in [1.29, 1.82) is 0 Å². The summed E-state index contributed by atoms with van der Waals surface area (Å²) in [6.07, 6.45) is 2.78. The number of ketones is 1. The van der Waals surface area contributed by atoms with Gasteiger partial charge in [0.25, 0.3) is 0 Å². The zero-order valence-corrected chi connectivity index (χ0v) is 8.50. The van der Waals surface area contributed by atoms with Crippen molar-refractivity contribution in [2.24, 2.45) is 0 Å². The predicted octanol–water partition coefficient (Wildman–Crippen LogP) is 3.67. The average molecular weight is 204 g/mol. The van der Waals surface area contributed by atoms with Crippen molar-refractivity contribution in [3.63, 3.8) is 0 Å². The Hall–Kier alpha value is -1.44. The molecule has 2 rings (SSSR count). The molecule has 0 spiro atoms. The fourth-order valence-corrected chi connectivity index (χ4v) is 1.87. The summed E-state index contributed by atoms with van der Waals surface area (Å²) < 4.78 is 13.4. The fraction of sp³-hybridized carbons (Fsp3) is 0.308. The van der Waals surface area contributed by atoms with E-state index in [-0.39, 0.29) is 11.6 Å². The molecular weight excluding hydrogens is 191 g/mol.